The number of aliphatic hydroxyl groups excluding tert-OH is 1. The lowest BCUT2D eigenvalue weighted by Gasteiger charge is -2.05. The molecule has 0 fully saturated rings. The Kier molecular flexibility index (Phi) is 3.21. The summed E-state index contributed by atoms with van der Waals surface area (Å²) in [7, 11) is 1.29. The molecule has 0 bridgehead atoms. The molecule has 0 aliphatic carbocycles. The molecule has 1 aromatic rings. The fraction of sp³-hybridized carbons (Fsp3) is 0.222. The van der Waals surface area contributed by atoms with Crippen LogP contribution in [0.3, 0.4) is 0 Å². The summed E-state index contributed by atoms with van der Waals surface area (Å²) in [5.41, 5.74) is 0.0937. The Labute approximate surface area is 85.5 Å². The minimum absolute atomic E-state index is 0.0306. The smallest absolute Gasteiger partial charge is 0.312 e. The van der Waals surface area contributed by atoms with Crippen molar-refractivity contribution < 1.29 is 14.8 Å². The molecule has 0 atom stereocenters. The van der Waals surface area contributed by atoms with Crippen LogP contribution in [0.2, 0.25) is 0 Å². The lowest BCUT2D eigenvalue weighted by Crippen LogP contribution is -1.98. The zero-order valence-corrected chi connectivity index (χ0v) is 7.93. The van der Waals surface area contributed by atoms with Crippen LogP contribution in [0.5, 0.6) is 5.75 Å². The van der Waals surface area contributed by atoms with Crippen LogP contribution >= 0.6 is 0 Å². The van der Waals surface area contributed by atoms with Gasteiger partial charge in [-0.3, -0.25) is 10.1 Å². The molecule has 6 nitrogen and oxygen atoms in total. The number of nitro groups is 1. The molecule has 15 heavy (non-hydrogen) atoms. The summed E-state index contributed by atoms with van der Waals surface area (Å²) in [5, 5.41) is 28.2. The molecule has 0 spiro atoms. The highest BCUT2D eigenvalue weighted by molar-refractivity contribution is 5.55. The Bertz CT molecular complexity index is 436. The summed E-state index contributed by atoms with van der Waals surface area (Å²) in [6.07, 6.45) is 0. The Morgan fingerprint density at radius 2 is 2.33 bits per heavy atom. The predicted octanol–water partition coefficient (Wildman–Crippen LogP) is 0.967. The highest BCUT2D eigenvalue weighted by atomic mass is 16.6. The molecule has 1 aromatic carbocycles. The molecule has 0 unspecified atom stereocenters. The lowest BCUT2D eigenvalue weighted by molar-refractivity contribution is -0.385. The highest BCUT2D eigenvalue weighted by Gasteiger charge is 2.18. The quantitative estimate of drug-likeness (QED) is 0.589. The molecule has 0 aliphatic rings. The van der Waals surface area contributed by atoms with Crippen LogP contribution in [0.4, 0.5) is 5.69 Å². The molecule has 0 amide bonds. The molecule has 1 rings (SSSR count). The van der Waals surface area contributed by atoms with E-state index >= 15 is 0 Å². The Balaban J connectivity index is 3.42. The van der Waals surface area contributed by atoms with E-state index in [1.54, 1.807) is 6.07 Å². The topological polar surface area (TPSA) is 96.4 Å². The summed E-state index contributed by atoms with van der Waals surface area (Å²) in [5.74, 6) is 0.0306. The van der Waals surface area contributed by atoms with Gasteiger partial charge in [0.15, 0.2) is 5.75 Å². The number of ether oxygens (including phenoxy) is 1. The van der Waals surface area contributed by atoms with Crippen molar-refractivity contribution in [2.24, 2.45) is 0 Å². The van der Waals surface area contributed by atoms with E-state index in [9.17, 15) is 10.1 Å². The first-order valence-corrected chi connectivity index (χ1v) is 4.00. The molecule has 78 valence electrons. The van der Waals surface area contributed by atoms with Crippen LogP contribution in [0.25, 0.3) is 0 Å². The van der Waals surface area contributed by atoms with Gasteiger partial charge in [0.05, 0.1) is 30.3 Å². The van der Waals surface area contributed by atoms with Crippen molar-refractivity contribution in [1.29, 1.82) is 5.26 Å². The van der Waals surface area contributed by atoms with E-state index < -0.39 is 4.92 Å². The van der Waals surface area contributed by atoms with Gasteiger partial charge in [-0.25, -0.2) is 0 Å². The first kappa shape index (κ1) is 10.9. The molecule has 0 heterocycles. The molecular weight excluding hydrogens is 200 g/mol. The largest absolute Gasteiger partial charge is 0.490 e. The van der Waals surface area contributed by atoms with Gasteiger partial charge in [-0.1, -0.05) is 0 Å². The van der Waals surface area contributed by atoms with E-state index in [4.69, 9.17) is 15.1 Å². The first-order valence-electron chi connectivity index (χ1n) is 4.00. The van der Waals surface area contributed by atoms with Gasteiger partial charge in [-0.15, -0.1) is 0 Å². The van der Waals surface area contributed by atoms with Crippen molar-refractivity contribution in [2.75, 3.05) is 7.11 Å². The third kappa shape index (κ3) is 2.03. The van der Waals surface area contributed by atoms with Crippen molar-refractivity contribution in [3.8, 4) is 11.8 Å². The van der Waals surface area contributed by atoms with Gasteiger partial charge in [-0.05, 0) is 11.6 Å². The molecule has 0 aliphatic heterocycles. The zero-order valence-electron chi connectivity index (χ0n) is 7.93. The maximum atomic E-state index is 10.6. The van der Waals surface area contributed by atoms with Gasteiger partial charge in [0.2, 0.25) is 0 Å². The van der Waals surface area contributed by atoms with E-state index in [2.05, 4.69) is 0 Å². The van der Waals surface area contributed by atoms with Crippen LogP contribution in [-0.2, 0) is 6.61 Å². The minimum Gasteiger partial charge on any atom is -0.490 e. The lowest BCUT2D eigenvalue weighted by atomic mass is 10.1. The van der Waals surface area contributed by atoms with Crippen molar-refractivity contribution in [3.63, 3.8) is 0 Å². The predicted molar refractivity (Wildman–Crippen MR) is 50.3 cm³/mol. The minimum atomic E-state index is -0.638. The number of hydrogen-bond donors (Lipinski definition) is 1. The summed E-state index contributed by atoms with van der Waals surface area (Å²) in [4.78, 5) is 9.96. The summed E-state index contributed by atoms with van der Waals surface area (Å²) < 4.78 is 4.79. The average molecular weight is 208 g/mol. The van der Waals surface area contributed by atoms with Gasteiger partial charge >= 0.3 is 5.69 Å². The maximum absolute atomic E-state index is 10.6. The second-order valence-electron chi connectivity index (χ2n) is 2.71. The number of benzene rings is 1. The van der Waals surface area contributed by atoms with E-state index in [1.807, 2.05) is 0 Å². The number of methoxy groups -OCH3 is 1. The SMILES string of the molecule is COc1cc(CO)c(C#N)cc1[N+](=O)[O-]. The molecule has 1 N–H and O–H groups in total. The first-order chi connectivity index (χ1) is 7.13. The number of nitriles is 1. The van der Waals surface area contributed by atoms with Crippen LogP contribution in [0.15, 0.2) is 12.1 Å². The molecule has 0 saturated carbocycles. The second-order valence-corrected chi connectivity index (χ2v) is 2.71. The van der Waals surface area contributed by atoms with Crippen molar-refractivity contribution in [3.05, 3.63) is 33.4 Å². The third-order valence-corrected chi connectivity index (χ3v) is 1.89. The van der Waals surface area contributed by atoms with Crippen molar-refractivity contribution in [2.45, 2.75) is 6.61 Å². The highest BCUT2D eigenvalue weighted by Crippen LogP contribution is 2.30. The number of nitro benzene ring substituents is 1. The summed E-state index contributed by atoms with van der Waals surface area (Å²) >= 11 is 0. The third-order valence-electron chi connectivity index (χ3n) is 1.89. The zero-order chi connectivity index (χ0) is 11.4. The van der Waals surface area contributed by atoms with Gasteiger partial charge in [0.25, 0.3) is 0 Å². The number of hydrogen-bond acceptors (Lipinski definition) is 5. The van der Waals surface area contributed by atoms with E-state index in [0.29, 0.717) is 5.56 Å². The molecule has 0 aromatic heterocycles. The van der Waals surface area contributed by atoms with Crippen LogP contribution in [0.1, 0.15) is 11.1 Å². The molecule has 0 saturated heterocycles. The normalized spacial score (nSPS) is 9.40. The summed E-state index contributed by atoms with van der Waals surface area (Å²) in [6.45, 7) is -0.364. The van der Waals surface area contributed by atoms with Crippen molar-refractivity contribution >= 4 is 5.69 Å². The average Bonchev–Trinajstić information content (AvgIpc) is 2.26. The van der Waals surface area contributed by atoms with E-state index in [0.717, 1.165) is 6.07 Å². The standard InChI is InChI=1S/C9H8N2O4/c1-15-9-3-7(5-12)6(4-10)2-8(9)11(13)14/h2-3,12H,5H2,1H3. The second kappa shape index (κ2) is 4.39. The maximum Gasteiger partial charge on any atom is 0.312 e. The fourth-order valence-corrected chi connectivity index (χ4v) is 1.15. The van der Waals surface area contributed by atoms with Gasteiger partial charge in [0, 0.05) is 6.07 Å². The number of rotatable bonds is 3. The van der Waals surface area contributed by atoms with Crippen LogP contribution in [-0.4, -0.2) is 17.1 Å². The monoisotopic (exact) mass is 208 g/mol. The Morgan fingerprint density at radius 1 is 1.67 bits per heavy atom. The number of nitrogens with zero attached hydrogens (tertiary/aromatic N) is 2. The Morgan fingerprint density at radius 3 is 2.73 bits per heavy atom. The Hall–Kier alpha value is -2.13. The van der Waals surface area contributed by atoms with Gasteiger partial charge in [-0.2, -0.15) is 5.26 Å². The van der Waals surface area contributed by atoms with Crippen LogP contribution in [0, 0.1) is 21.4 Å². The molecular formula is C9H8N2O4. The fourth-order valence-electron chi connectivity index (χ4n) is 1.15. The van der Waals surface area contributed by atoms with E-state index in [-0.39, 0.29) is 23.6 Å². The van der Waals surface area contributed by atoms with E-state index in [1.165, 1.54) is 13.2 Å². The summed E-state index contributed by atoms with van der Waals surface area (Å²) in [6, 6.07) is 4.15. The van der Waals surface area contributed by atoms with Gasteiger partial charge in [0.1, 0.15) is 0 Å². The van der Waals surface area contributed by atoms with Crippen LogP contribution < -0.4 is 4.74 Å². The number of aliphatic hydroxyl groups is 1. The van der Waals surface area contributed by atoms with Gasteiger partial charge < -0.3 is 9.84 Å². The van der Waals surface area contributed by atoms with Crippen molar-refractivity contribution in [1.82, 2.24) is 0 Å². The molecule has 0 radical (unpaired) electrons. The molecule has 6 heteroatoms.